The van der Waals surface area contributed by atoms with Crippen molar-refractivity contribution < 1.29 is 9.53 Å². The highest BCUT2D eigenvalue weighted by Crippen LogP contribution is 2.32. The average Bonchev–Trinajstić information content (AvgIpc) is 3.13. The lowest BCUT2D eigenvalue weighted by Gasteiger charge is -2.16. The first-order chi connectivity index (χ1) is 14.7. The molecule has 5 N–H and O–H groups in total. The van der Waals surface area contributed by atoms with E-state index in [0.717, 1.165) is 16.0 Å². The molecule has 0 fully saturated rings. The second kappa shape index (κ2) is 9.55. The highest BCUT2D eigenvalue weighted by Gasteiger charge is 2.20. The first-order valence-electron chi connectivity index (χ1n) is 9.21. The number of aryl methyl sites for hydroxylation is 1. The summed E-state index contributed by atoms with van der Waals surface area (Å²) < 4.78 is 9.59. The van der Waals surface area contributed by atoms with Crippen molar-refractivity contribution in [3.8, 4) is 17.0 Å². The Hall–Kier alpha value is -2.81. The molecule has 162 valence electrons. The summed E-state index contributed by atoms with van der Waals surface area (Å²) in [6, 6.07) is 10.4. The monoisotopic (exact) mass is 477 g/mol. The summed E-state index contributed by atoms with van der Waals surface area (Å²) in [7, 11) is 1.59. The lowest BCUT2D eigenvalue weighted by molar-refractivity contribution is 0.100. The fraction of sp³-hybridized carbons (Fsp3) is 0.190. The van der Waals surface area contributed by atoms with Gasteiger partial charge in [0.25, 0.3) is 5.91 Å². The summed E-state index contributed by atoms with van der Waals surface area (Å²) in [4.78, 5) is 17.7. The van der Waals surface area contributed by atoms with Gasteiger partial charge < -0.3 is 21.5 Å². The van der Waals surface area contributed by atoms with Gasteiger partial charge in [0, 0.05) is 10.4 Å². The first-order valence-corrected chi connectivity index (χ1v) is 10.7. The molecule has 0 aliphatic heterocycles. The number of ether oxygens (including phenoxy) is 1. The number of nitrogens with zero attached hydrogens (tertiary/aromatic N) is 2. The van der Waals surface area contributed by atoms with Gasteiger partial charge >= 0.3 is 0 Å². The molecule has 0 aliphatic rings. The highest BCUT2D eigenvalue weighted by atomic mass is 35.5. The fourth-order valence-corrected chi connectivity index (χ4v) is 4.13. The molecule has 1 heterocycles. The number of carbonyl (C=O) groups is 1. The van der Waals surface area contributed by atoms with Crippen LogP contribution < -0.4 is 21.5 Å². The maximum atomic E-state index is 12.9. The Kier molecular flexibility index (Phi) is 7.04. The third kappa shape index (κ3) is 5.10. The van der Waals surface area contributed by atoms with Crippen LogP contribution in [0.5, 0.6) is 5.75 Å². The van der Waals surface area contributed by atoms with Gasteiger partial charge in [0.05, 0.1) is 40.1 Å². The zero-order valence-corrected chi connectivity index (χ0v) is 19.4. The van der Waals surface area contributed by atoms with Gasteiger partial charge in [-0.1, -0.05) is 23.2 Å². The van der Waals surface area contributed by atoms with Crippen molar-refractivity contribution in [2.75, 3.05) is 12.8 Å². The summed E-state index contributed by atoms with van der Waals surface area (Å²) in [5, 5.41) is 3.65. The zero-order chi connectivity index (χ0) is 22.7. The molecule has 0 aliphatic carbocycles. The molecule has 1 atom stereocenters. The largest absolute Gasteiger partial charge is 0.497 e. The summed E-state index contributed by atoms with van der Waals surface area (Å²) in [5.41, 5.74) is 14.6. The molecular weight excluding hydrogens is 457 g/mol. The quantitative estimate of drug-likeness (QED) is 0.275. The predicted molar refractivity (Wildman–Crippen MR) is 127 cm³/mol. The second-order valence-corrected chi connectivity index (χ2v) is 8.55. The molecular formula is C21H21Cl2N5O2S. The molecule has 1 amide bonds. The SMILES string of the molecule is COc1ccc(-c2nsc(C)c2C(=O)/N=C(\N)NC(C)c2cc(Cl)c(N)c(Cl)c2)cc1. The molecule has 0 bridgehead atoms. The number of hydrogen-bond acceptors (Lipinski definition) is 5. The Bertz CT molecular complexity index is 1120. The van der Waals surface area contributed by atoms with E-state index in [0.29, 0.717) is 32.7 Å². The van der Waals surface area contributed by atoms with E-state index in [-0.39, 0.29) is 12.0 Å². The minimum atomic E-state index is -0.484. The number of nitrogens with one attached hydrogen (secondary N) is 1. The number of halogens is 2. The van der Waals surface area contributed by atoms with Crippen molar-refractivity contribution in [1.29, 1.82) is 0 Å². The number of amides is 1. The van der Waals surface area contributed by atoms with Crippen LogP contribution in [-0.2, 0) is 0 Å². The fourth-order valence-electron chi connectivity index (χ4n) is 2.93. The smallest absolute Gasteiger partial charge is 0.283 e. The van der Waals surface area contributed by atoms with Gasteiger partial charge in [-0.2, -0.15) is 9.37 Å². The van der Waals surface area contributed by atoms with Crippen molar-refractivity contribution >= 4 is 52.3 Å². The number of rotatable bonds is 5. The van der Waals surface area contributed by atoms with Crippen molar-refractivity contribution in [2.45, 2.75) is 19.9 Å². The van der Waals surface area contributed by atoms with E-state index in [4.69, 9.17) is 39.4 Å². The summed E-state index contributed by atoms with van der Waals surface area (Å²) >= 11 is 13.4. The topological polar surface area (TPSA) is 116 Å². The van der Waals surface area contributed by atoms with E-state index < -0.39 is 5.91 Å². The summed E-state index contributed by atoms with van der Waals surface area (Å²) in [6.07, 6.45) is 0. The molecule has 7 nitrogen and oxygen atoms in total. The molecule has 0 radical (unpaired) electrons. The first kappa shape index (κ1) is 22.9. The number of nitrogens with two attached hydrogens (primary N) is 2. The number of carbonyl (C=O) groups excluding carboxylic acids is 1. The van der Waals surface area contributed by atoms with E-state index in [1.807, 2.05) is 38.1 Å². The Morgan fingerprint density at radius 2 is 1.84 bits per heavy atom. The van der Waals surface area contributed by atoms with Crippen molar-refractivity contribution in [3.63, 3.8) is 0 Å². The summed E-state index contributed by atoms with van der Waals surface area (Å²) in [5.74, 6) is 0.197. The van der Waals surface area contributed by atoms with E-state index in [2.05, 4.69) is 14.7 Å². The molecule has 1 aromatic heterocycles. The number of benzene rings is 2. The van der Waals surface area contributed by atoms with Crippen LogP contribution in [0.4, 0.5) is 5.69 Å². The number of guanidine groups is 1. The normalized spacial score (nSPS) is 12.5. The minimum absolute atomic E-state index is 0.0344. The van der Waals surface area contributed by atoms with Gasteiger partial charge in [0.2, 0.25) is 0 Å². The predicted octanol–water partition coefficient (Wildman–Crippen LogP) is 4.82. The van der Waals surface area contributed by atoms with E-state index in [1.165, 1.54) is 11.5 Å². The van der Waals surface area contributed by atoms with Gasteiger partial charge in [-0.05, 0) is 67.3 Å². The number of methoxy groups -OCH3 is 1. The number of aromatic nitrogens is 1. The second-order valence-electron chi connectivity index (χ2n) is 6.76. The Balaban J connectivity index is 1.82. The highest BCUT2D eigenvalue weighted by molar-refractivity contribution is 7.06. The molecule has 1 unspecified atom stereocenters. The van der Waals surface area contributed by atoms with Crippen molar-refractivity contribution in [1.82, 2.24) is 9.69 Å². The standard InChI is InChI=1S/C21H21Cl2N5O2S/c1-10(13-8-15(22)18(24)16(23)9-13)26-21(25)27-20(29)17-11(2)31-28-19(17)12-4-6-14(30-3)7-5-12/h4-10H,24H2,1-3H3,(H3,25,26,27,29). The maximum Gasteiger partial charge on any atom is 0.283 e. The Morgan fingerprint density at radius 3 is 2.42 bits per heavy atom. The van der Waals surface area contributed by atoms with Crippen LogP contribution in [0.1, 0.15) is 33.8 Å². The minimum Gasteiger partial charge on any atom is -0.497 e. The molecule has 31 heavy (non-hydrogen) atoms. The maximum absolute atomic E-state index is 12.9. The lowest BCUT2D eigenvalue weighted by Crippen LogP contribution is -2.34. The van der Waals surface area contributed by atoms with Crippen LogP contribution in [0, 0.1) is 6.92 Å². The van der Waals surface area contributed by atoms with E-state index in [9.17, 15) is 4.79 Å². The van der Waals surface area contributed by atoms with Gasteiger partial charge in [0.15, 0.2) is 5.96 Å². The molecule has 0 saturated carbocycles. The lowest BCUT2D eigenvalue weighted by atomic mass is 10.1. The van der Waals surface area contributed by atoms with E-state index >= 15 is 0 Å². The van der Waals surface area contributed by atoms with Crippen LogP contribution in [0.15, 0.2) is 41.4 Å². The average molecular weight is 478 g/mol. The number of hydrogen-bond donors (Lipinski definition) is 3. The third-order valence-corrected chi connectivity index (χ3v) is 6.01. The van der Waals surface area contributed by atoms with Crippen LogP contribution in [0.2, 0.25) is 10.0 Å². The van der Waals surface area contributed by atoms with E-state index in [1.54, 1.807) is 19.2 Å². The van der Waals surface area contributed by atoms with Crippen LogP contribution in [0.25, 0.3) is 11.3 Å². The molecule has 0 spiro atoms. The third-order valence-electron chi connectivity index (χ3n) is 4.63. The number of anilines is 1. The number of aliphatic imine (C=N–C) groups is 1. The van der Waals surface area contributed by atoms with Crippen LogP contribution in [-0.4, -0.2) is 23.4 Å². The molecule has 10 heteroatoms. The Labute approximate surface area is 194 Å². The van der Waals surface area contributed by atoms with Crippen molar-refractivity contribution in [2.24, 2.45) is 10.7 Å². The van der Waals surface area contributed by atoms with Gasteiger partial charge in [-0.25, -0.2) is 0 Å². The molecule has 3 rings (SSSR count). The zero-order valence-electron chi connectivity index (χ0n) is 17.1. The summed E-state index contributed by atoms with van der Waals surface area (Å²) in [6.45, 7) is 3.66. The molecule has 0 saturated heterocycles. The van der Waals surface area contributed by atoms with Crippen LogP contribution in [0.3, 0.4) is 0 Å². The Morgan fingerprint density at radius 1 is 1.23 bits per heavy atom. The van der Waals surface area contributed by atoms with Crippen molar-refractivity contribution in [3.05, 3.63) is 62.4 Å². The van der Waals surface area contributed by atoms with Crippen LogP contribution >= 0.6 is 34.7 Å². The number of nitrogen functional groups attached to an aromatic ring is 1. The molecule has 3 aromatic rings. The van der Waals surface area contributed by atoms with Gasteiger partial charge in [-0.3, -0.25) is 4.79 Å². The van der Waals surface area contributed by atoms with Gasteiger partial charge in [-0.15, -0.1) is 0 Å². The van der Waals surface area contributed by atoms with Gasteiger partial charge in [0.1, 0.15) is 5.75 Å². The molecule has 2 aromatic carbocycles.